The van der Waals surface area contributed by atoms with E-state index in [9.17, 15) is 5.11 Å². The fourth-order valence-corrected chi connectivity index (χ4v) is 1.90. The fourth-order valence-electron chi connectivity index (χ4n) is 1.90. The molecular formula is C14H19N3O2. The maximum atomic E-state index is 9.53. The molecule has 19 heavy (non-hydrogen) atoms. The molecule has 1 aromatic carbocycles. The monoisotopic (exact) mass is 261 g/mol. The van der Waals surface area contributed by atoms with E-state index in [1.54, 1.807) is 19.4 Å². The zero-order valence-corrected chi connectivity index (χ0v) is 11.2. The number of benzene rings is 1. The van der Waals surface area contributed by atoms with Crippen LogP contribution in [0.4, 0.5) is 0 Å². The first kappa shape index (κ1) is 13.4. The number of rotatable bonds is 6. The molecule has 0 spiro atoms. The summed E-state index contributed by atoms with van der Waals surface area (Å²) in [5, 5.41) is 13.0. The molecule has 1 aromatic heterocycles. The smallest absolute Gasteiger partial charge is 0.160 e. The highest BCUT2D eigenvalue weighted by Gasteiger charge is 2.05. The van der Waals surface area contributed by atoms with Crippen molar-refractivity contribution in [2.24, 2.45) is 0 Å². The van der Waals surface area contributed by atoms with Crippen LogP contribution < -0.4 is 10.1 Å². The van der Waals surface area contributed by atoms with Crippen LogP contribution in [0.15, 0.2) is 36.9 Å². The standard InChI is InChI=1S/C14H19N3O2/c1-11(9-17-6-5-15-10-17)16-8-12-3-4-13(18)14(7-12)19-2/h3-7,10-11,16,18H,8-9H2,1-2H3. The van der Waals surface area contributed by atoms with Gasteiger partial charge in [-0.3, -0.25) is 0 Å². The van der Waals surface area contributed by atoms with Crippen LogP contribution in [0.1, 0.15) is 12.5 Å². The van der Waals surface area contributed by atoms with Gasteiger partial charge < -0.3 is 19.7 Å². The first-order valence-corrected chi connectivity index (χ1v) is 6.24. The van der Waals surface area contributed by atoms with Gasteiger partial charge in [-0.2, -0.15) is 0 Å². The van der Waals surface area contributed by atoms with Crippen LogP contribution in [-0.4, -0.2) is 27.8 Å². The number of aromatic hydroxyl groups is 1. The molecule has 1 atom stereocenters. The van der Waals surface area contributed by atoms with E-state index in [1.165, 1.54) is 0 Å². The number of phenolic OH excluding ortho intramolecular Hbond substituents is 1. The predicted molar refractivity (Wildman–Crippen MR) is 73.2 cm³/mol. The second-order valence-corrected chi connectivity index (χ2v) is 4.55. The summed E-state index contributed by atoms with van der Waals surface area (Å²) in [7, 11) is 1.55. The quantitative estimate of drug-likeness (QED) is 0.832. The summed E-state index contributed by atoms with van der Waals surface area (Å²) in [5.41, 5.74) is 1.08. The molecule has 0 aliphatic carbocycles. The summed E-state index contributed by atoms with van der Waals surface area (Å²) in [6, 6.07) is 5.70. The summed E-state index contributed by atoms with van der Waals surface area (Å²) in [5.74, 6) is 0.666. The molecule has 0 aliphatic rings. The Morgan fingerprint density at radius 3 is 3.00 bits per heavy atom. The number of nitrogens with one attached hydrogen (secondary N) is 1. The van der Waals surface area contributed by atoms with Crippen LogP contribution in [0.25, 0.3) is 0 Å². The van der Waals surface area contributed by atoms with Gasteiger partial charge in [-0.05, 0) is 24.6 Å². The number of ether oxygens (including phenoxy) is 1. The van der Waals surface area contributed by atoms with Crippen LogP contribution in [0.3, 0.4) is 0 Å². The highest BCUT2D eigenvalue weighted by Crippen LogP contribution is 2.26. The van der Waals surface area contributed by atoms with Crippen molar-refractivity contribution in [1.82, 2.24) is 14.9 Å². The summed E-state index contributed by atoms with van der Waals surface area (Å²) in [6.45, 7) is 3.72. The zero-order chi connectivity index (χ0) is 13.7. The molecule has 2 N–H and O–H groups in total. The van der Waals surface area contributed by atoms with Gasteiger partial charge in [-0.25, -0.2) is 4.98 Å². The highest BCUT2D eigenvalue weighted by atomic mass is 16.5. The van der Waals surface area contributed by atoms with E-state index >= 15 is 0 Å². The van der Waals surface area contributed by atoms with Gasteiger partial charge in [0.25, 0.3) is 0 Å². The lowest BCUT2D eigenvalue weighted by Gasteiger charge is -2.15. The number of phenols is 1. The maximum Gasteiger partial charge on any atom is 0.160 e. The van der Waals surface area contributed by atoms with E-state index in [0.717, 1.165) is 18.7 Å². The third kappa shape index (κ3) is 3.72. The van der Waals surface area contributed by atoms with Crippen molar-refractivity contribution in [3.8, 4) is 11.5 Å². The van der Waals surface area contributed by atoms with Crippen molar-refractivity contribution < 1.29 is 9.84 Å². The van der Waals surface area contributed by atoms with Gasteiger partial charge in [-0.15, -0.1) is 0 Å². The third-order valence-corrected chi connectivity index (χ3v) is 2.94. The van der Waals surface area contributed by atoms with Crippen molar-refractivity contribution in [2.45, 2.75) is 26.1 Å². The Hall–Kier alpha value is -2.01. The fraction of sp³-hybridized carbons (Fsp3) is 0.357. The predicted octanol–water partition coefficient (Wildman–Crippen LogP) is 1.78. The number of methoxy groups -OCH3 is 1. The number of aromatic nitrogens is 2. The maximum absolute atomic E-state index is 9.53. The Labute approximate surface area is 112 Å². The molecule has 5 heteroatoms. The Morgan fingerprint density at radius 2 is 2.32 bits per heavy atom. The first-order chi connectivity index (χ1) is 9.19. The summed E-state index contributed by atoms with van der Waals surface area (Å²) < 4.78 is 7.12. The topological polar surface area (TPSA) is 59.3 Å². The first-order valence-electron chi connectivity index (χ1n) is 6.24. The van der Waals surface area contributed by atoms with E-state index in [0.29, 0.717) is 11.8 Å². The molecule has 0 saturated heterocycles. The van der Waals surface area contributed by atoms with E-state index in [1.807, 2.05) is 29.2 Å². The summed E-state index contributed by atoms with van der Waals surface area (Å²) in [4.78, 5) is 4.02. The molecule has 2 rings (SSSR count). The molecule has 0 radical (unpaired) electrons. The minimum Gasteiger partial charge on any atom is -0.504 e. The molecule has 1 unspecified atom stereocenters. The van der Waals surface area contributed by atoms with Gasteiger partial charge in [0.2, 0.25) is 0 Å². The molecule has 0 bridgehead atoms. The van der Waals surface area contributed by atoms with Gasteiger partial charge >= 0.3 is 0 Å². The van der Waals surface area contributed by atoms with Gasteiger partial charge in [0, 0.05) is 31.5 Å². The van der Waals surface area contributed by atoms with Gasteiger partial charge in [0.05, 0.1) is 13.4 Å². The molecule has 2 aromatic rings. The SMILES string of the molecule is COc1cc(CNC(C)Cn2ccnc2)ccc1O. The molecular weight excluding hydrogens is 242 g/mol. The van der Waals surface area contributed by atoms with Crippen molar-refractivity contribution in [2.75, 3.05) is 7.11 Å². The highest BCUT2D eigenvalue weighted by molar-refractivity contribution is 5.41. The van der Waals surface area contributed by atoms with Gasteiger partial charge in [-0.1, -0.05) is 6.07 Å². The molecule has 0 saturated carbocycles. The van der Waals surface area contributed by atoms with E-state index in [-0.39, 0.29) is 5.75 Å². The molecule has 0 aliphatic heterocycles. The number of hydrogen-bond acceptors (Lipinski definition) is 4. The Balaban J connectivity index is 1.88. The van der Waals surface area contributed by atoms with Crippen molar-refractivity contribution in [1.29, 1.82) is 0 Å². The second-order valence-electron chi connectivity index (χ2n) is 4.55. The lowest BCUT2D eigenvalue weighted by atomic mass is 10.2. The van der Waals surface area contributed by atoms with Crippen LogP contribution in [0.2, 0.25) is 0 Å². The summed E-state index contributed by atoms with van der Waals surface area (Å²) in [6.07, 6.45) is 5.53. The van der Waals surface area contributed by atoms with E-state index in [2.05, 4.69) is 17.2 Å². The number of hydrogen-bond donors (Lipinski definition) is 2. The largest absolute Gasteiger partial charge is 0.504 e. The van der Waals surface area contributed by atoms with Crippen molar-refractivity contribution in [3.05, 3.63) is 42.5 Å². The van der Waals surface area contributed by atoms with Crippen LogP contribution in [-0.2, 0) is 13.1 Å². The average Bonchev–Trinajstić information content (AvgIpc) is 2.90. The minimum absolute atomic E-state index is 0.165. The van der Waals surface area contributed by atoms with Gasteiger partial charge in [0.15, 0.2) is 11.5 Å². The Kier molecular flexibility index (Phi) is 4.41. The van der Waals surface area contributed by atoms with E-state index in [4.69, 9.17) is 4.74 Å². The Morgan fingerprint density at radius 1 is 1.47 bits per heavy atom. The van der Waals surface area contributed by atoms with Crippen LogP contribution in [0.5, 0.6) is 11.5 Å². The van der Waals surface area contributed by atoms with Crippen molar-refractivity contribution >= 4 is 0 Å². The molecule has 102 valence electrons. The second kappa shape index (κ2) is 6.24. The molecule has 0 amide bonds. The third-order valence-electron chi connectivity index (χ3n) is 2.94. The molecule has 0 fully saturated rings. The minimum atomic E-state index is 0.165. The van der Waals surface area contributed by atoms with Crippen LogP contribution in [0, 0.1) is 0 Å². The Bertz CT molecular complexity index is 511. The number of nitrogens with zero attached hydrogens (tertiary/aromatic N) is 2. The normalized spacial score (nSPS) is 12.3. The average molecular weight is 261 g/mol. The van der Waals surface area contributed by atoms with Gasteiger partial charge in [0.1, 0.15) is 0 Å². The number of imidazole rings is 1. The zero-order valence-electron chi connectivity index (χ0n) is 11.2. The van der Waals surface area contributed by atoms with Crippen LogP contribution >= 0.6 is 0 Å². The summed E-state index contributed by atoms with van der Waals surface area (Å²) >= 11 is 0. The molecule has 1 heterocycles. The van der Waals surface area contributed by atoms with Crippen molar-refractivity contribution in [3.63, 3.8) is 0 Å². The lowest BCUT2D eigenvalue weighted by Crippen LogP contribution is -2.29. The van der Waals surface area contributed by atoms with E-state index < -0.39 is 0 Å². The molecule has 5 nitrogen and oxygen atoms in total. The lowest BCUT2D eigenvalue weighted by molar-refractivity contribution is 0.372.